The number of hydrogen-bond acceptors (Lipinski definition) is 4. The Labute approximate surface area is 155 Å². The van der Waals surface area contributed by atoms with Gasteiger partial charge in [0.25, 0.3) is 0 Å². The fraction of sp³-hybridized carbons (Fsp3) is 0.500. The van der Waals surface area contributed by atoms with Gasteiger partial charge in [-0.25, -0.2) is 4.98 Å². The van der Waals surface area contributed by atoms with Gasteiger partial charge in [0.05, 0.1) is 24.9 Å². The highest BCUT2D eigenvalue weighted by Crippen LogP contribution is 2.38. The molecule has 1 aromatic heterocycles. The molecule has 2 heterocycles. The third kappa shape index (κ3) is 2.88. The van der Waals surface area contributed by atoms with Gasteiger partial charge in [-0.1, -0.05) is 13.8 Å². The van der Waals surface area contributed by atoms with Crippen LogP contribution in [-0.2, 0) is 16.9 Å². The topological polar surface area (TPSA) is 73.4 Å². The summed E-state index contributed by atoms with van der Waals surface area (Å²) in [6.07, 6.45) is 0. The summed E-state index contributed by atoms with van der Waals surface area (Å²) < 4.78 is 7.55. The highest BCUT2D eigenvalue weighted by atomic mass is 16.5. The third-order valence-electron chi connectivity index (χ3n) is 5.16. The van der Waals surface area contributed by atoms with E-state index in [4.69, 9.17) is 15.5 Å². The van der Waals surface area contributed by atoms with Gasteiger partial charge in [-0.15, -0.1) is 0 Å². The van der Waals surface area contributed by atoms with E-state index in [9.17, 15) is 4.79 Å². The summed E-state index contributed by atoms with van der Waals surface area (Å²) in [6, 6.07) is 7.98. The Bertz CT molecular complexity index is 806. The van der Waals surface area contributed by atoms with Crippen LogP contribution in [0.1, 0.15) is 45.1 Å². The fourth-order valence-electron chi connectivity index (χ4n) is 3.85. The standard InChI is InChI=1S/C20H28N4O2/c1-13(2)18-17(14-6-8-15(26-5)9-7-14)22-19-20(3,4)24(16(25)12-21)11-10-23(18)19/h6-9,13H,10-12,21H2,1-5H3. The molecule has 0 saturated heterocycles. The monoisotopic (exact) mass is 356 g/mol. The summed E-state index contributed by atoms with van der Waals surface area (Å²) in [4.78, 5) is 19.2. The van der Waals surface area contributed by atoms with Crippen LogP contribution in [0.3, 0.4) is 0 Å². The molecule has 0 fully saturated rings. The van der Waals surface area contributed by atoms with E-state index in [-0.39, 0.29) is 12.5 Å². The fourth-order valence-corrected chi connectivity index (χ4v) is 3.85. The van der Waals surface area contributed by atoms with Crippen molar-refractivity contribution in [2.45, 2.75) is 45.7 Å². The van der Waals surface area contributed by atoms with E-state index >= 15 is 0 Å². The zero-order chi connectivity index (χ0) is 19.1. The van der Waals surface area contributed by atoms with Crippen molar-refractivity contribution in [2.75, 3.05) is 20.2 Å². The molecule has 6 nitrogen and oxygen atoms in total. The molecule has 140 valence electrons. The SMILES string of the molecule is COc1ccc(-c2nc3n(c2C(C)C)CCN(C(=O)CN)C3(C)C)cc1. The molecule has 0 spiro atoms. The number of rotatable bonds is 4. The summed E-state index contributed by atoms with van der Waals surface area (Å²) in [5, 5.41) is 0. The lowest BCUT2D eigenvalue weighted by Gasteiger charge is -2.42. The van der Waals surface area contributed by atoms with Crippen molar-refractivity contribution < 1.29 is 9.53 Å². The Morgan fingerprint density at radius 1 is 1.27 bits per heavy atom. The first-order chi connectivity index (χ1) is 12.3. The predicted octanol–water partition coefficient (Wildman–Crippen LogP) is 2.72. The maximum Gasteiger partial charge on any atom is 0.237 e. The van der Waals surface area contributed by atoms with E-state index < -0.39 is 5.54 Å². The molecule has 1 aromatic carbocycles. The molecule has 0 unspecified atom stereocenters. The number of nitrogens with two attached hydrogens (primary N) is 1. The lowest BCUT2D eigenvalue weighted by Crippen LogP contribution is -2.53. The summed E-state index contributed by atoms with van der Waals surface area (Å²) in [6.45, 7) is 9.85. The van der Waals surface area contributed by atoms with Crippen molar-refractivity contribution in [3.05, 3.63) is 35.8 Å². The minimum Gasteiger partial charge on any atom is -0.497 e. The molecule has 2 aromatic rings. The normalized spacial score (nSPS) is 15.9. The molecule has 1 aliphatic rings. The smallest absolute Gasteiger partial charge is 0.237 e. The van der Waals surface area contributed by atoms with E-state index in [1.807, 2.05) is 43.0 Å². The molecule has 6 heteroatoms. The van der Waals surface area contributed by atoms with Gasteiger partial charge >= 0.3 is 0 Å². The Balaban J connectivity index is 2.14. The zero-order valence-electron chi connectivity index (χ0n) is 16.2. The molecule has 2 N–H and O–H groups in total. The molecule has 0 bridgehead atoms. The molecular weight excluding hydrogens is 328 g/mol. The average Bonchev–Trinajstić information content (AvgIpc) is 3.02. The molecular formula is C20H28N4O2. The first-order valence-corrected chi connectivity index (χ1v) is 9.07. The lowest BCUT2D eigenvalue weighted by molar-refractivity contribution is -0.137. The second-order valence-electron chi connectivity index (χ2n) is 7.51. The number of ether oxygens (including phenoxy) is 1. The number of carbonyl (C=O) groups excluding carboxylic acids is 1. The Morgan fingerprint density at radius 2 is 1.92 bits per heavy atom. The Morgan fingerprint density at radius 3 is 2.46 bits per heavy atom. The average molecular weight is 356 g/mol. The van der Waals surface area contributed by atoms with Crippen molar-refractivity contribution in [3.63, 3.8) is 0 Å². The van der Waals surface area contributed by atoms with Crippen molar-refractivity contribution in [1.82, 2.24) is 14.5 Å². The highest BCUT2D eigenvalue weighted by molar-refractivity contribution is 5.79. The number of aromatic nitrogens is 2. The van der Waals surface area contributed by atoms with Crippen LogP contribution in [0.4, 0.5) is 0 Å². The Hall–Kier alpha value is -2.34. The molecule has 0 saturated carbocycles. The molecule has 0 atom stereocenters. The van der Waals surface area contributed by atoms with Gasteiger partial charge in [-0.2, -0.15) is 0 Å². The van der Waals surface area contributed by atoms with E-state index in [1.54, 1.807) is 7.11 Å². The molecule has 1 aliphatic heterocycles. The summed E-state index contributed by atoms with van der Waals surface area (Å²) >= 11 is 0. The first-order valence-electron chi connectivity index (χ1n) is 9.07. The predicted molar refractivity (Wildman–Crippen MR) is 102 cm³/mol. The van der Waals surface area contributed by atoms with Crippen LogP contribution < -0.4 is 10.5 Å². The second-order valence-corrected chi connectivity index (χ2v) is 7.51. The number of carbonyl (C=O) groups is 1. The first kappa shape index (κ1) is 18.5. The number of amides is 1. The van der Waals surface area contributed by atoms with Gasteiger partial charge in [-0.3, -0.25) is 4.79 Å². The zero-order valence-corrected chi connectivity index (χ0v) is 16.2. The van der Waals surface area contributed by atoms with Crippen LogP contribution >= 0.6 is 0 Å². The molecule has 1 amide bonds. The summed E-state index contributed by atoms with van der Waals surface area (Å²) in [5.74, 6) is 2.02. The quantitative estimate of drug-likeness (QED) is 0.914. The summed E-state index contributed by atoms with van der Waals surface area (Å²) in [5.41, 5.74) is 8.36. The minimum atomic E-state index is -0.497. The van der Waals surface area contributed by atoms with Gasteiger partial charge in [0, 0.05) is 24.3 Å². The number of imidazole rings is 1. The number of hydrogen-bond donors (Lipinski definition) is 1. The number of fused-ring (bicyclic) bond motifs is 1. The van der Waals surface area contributed by atoms with Crippen LogP contribution in [0.2, 0.25) is 0 Å². The van der Waals surface area contributed by atoms with Crippen molar-refractivity contribution in [2.24, 2.45) is 5.73 Å². The van der Waals surface area contributed by atoms with E-state index in [2.05, 4.69) is 18.4 Å². The maximum atomic E-state index is 12.3. The lowest BCUT2D eigenvalue weighted by atomic mass is 9.98. The highest BCUT2D eigenvalue weighted by Gasteiger charge is 2.41. The van der Waals surface area contributed by atoms with E-state index in [0.29, 0.717) is 12.5 Å². The molecule has 0 aliphatic carbocycles. The van der Waals surface area contributed by atoms with Gasteiger partial charge in [0.15, 0.2) is 0 Å². The van der Waals surface area contributed by atoms with Crippen LogP contribution in [0.5, 0.6) is 5.75 Å². The molecule has 26 heavy (non-hydrogen) atoms. The molecule has 3 rings (SSSR count). The van der Waals surface area contributed by atoms with E-state index in [0.717, 1.165) is 29.4 Å². The van der Waals surface area contributed by atoms with Gasteiger partial charge in [0.1, 0.15) is 11.6 Å². The third-order valence-corrected chi connectivity index (χ3v) is 5.16. The second kappa shape index (κ2) is 6.76. The number of nitrogens with zero attached hydrogens (tertiary/aromatic N) is 3. The minimum absolute atomic E-state index is 0.0204. The van der Waals surface area contributed by atoms with E-state index in [1.165, 1.54) is 5.69 Å². The van der Waals surface area contributed by atoms with Gasteiger partial charge in [0.2, 0.25) is 5.91 Å². The van der Waals surface area contributed by atoms with Crippen molar-refractivity contribution >= 4 is 5.91 Å². The van der Waals surface area contributed by atoms with Gasteiger partial charge < -0.3 is 19.9 Å². The molecule has 0 radical (unpaired) electrons. The summed E-state index contributed by atoms with van der Waals surface area (Å²) in [7, 11) is 1.66. The van der Waals surface area contributed by atoms with Crippen LogP contribution in [-0.4, -0.2) is 40.6 Å². The number of methoxy groups -OCH3 is 1. The van der Waals surface area contributed by atoms with Crippen LogP contribution in [0.25, 0.3) is 11.3 Å². The van der Waals surface area contributed by atoms with Gasteiger partial charge in [-0.05, 0) is 44.0 Å². The van der Waals surface area contributed by atoms with Crippen LogP contribution in [0.15, 0.2) is 24.3 Å². The maximum absolute atomic E-state index is 12.3. The van der Waals surface area contributed by atoms with Crippen molar-refractivity contribution in [1.29, 1.82) is 0 Å². The van der Waals surface area contributed by atoms with Crippen LogP contribution in [0, 0.1) is 0 Å². The van der Waals surface area contributed by atoms with Crippen molar-refractivity contribution in [3.8, 4) is 17.0 Å². The number of benzene rings is 1. The largest absolute Gasteiger partial charge is 0.497 e. The Kier molecular flexibility index (Phi) is 4.80.